The lowest BCUT2D eigenvalue weighted by Gasteiger charge is -2.06. The zero-order chi connectivity index (χ0) is 12.4. The van der Waals surface area contributed by atoms with Gasteiger partial charge in [-0.15, -0.1) is 0 Å². The van der Waals surface area contributed by atoms with Gasteiger partial charge in [-0.3, -0.25) is 4.79 Å². The van der Waals surface area contributed by atoms with E-state index in [9.17, 15) is 13.6 Å². The van der Waals surface area contributed by atoms with Crippen molar-refractivity contribution < 1.29 is 8.78 Å². The summed E-state index contributed by atoms with van der Waals surface area (Å²) in [5.74, 6) is -1.28. The van der Waals surface area contributed by atoms with Crippen LogP contribution in [0.1, 0.15) is 5.56 Å². The molecule has 0 aliphatic heterocycles. The molecule has 0 amide bonds. The predicted octanol–water partition coefficient (Wildman–Crippen LogP) is 2.78. The highest BCUT2D eigenvalue weighted by Crippen LogP contribution is 2.09. The van der Waals surface area contributed by atoms with Crippen molar-refractivity contribution in [3.8, 4) is 0 Å². The van der Waals surface area contributed by atoms with Crippen molar-refractivity contribution in [3.05, 3.63) is 67.7 Å². The van der Waals surface area contributed by atoms with Crippen molar-refractivity contribution >= 4 is 22.6 Å². The number of nitrogens with zero attached hydrogens (tertiary/aromatic N) is 1. The normalized spacial score (nSPS) is 10.5. The van der Waals surface area contributed by atoms with E-state index in [-0.39, 0.29) is 12.1 Å². The molecule has 2 nitrogen and oxygen atoms in total. The second kappa shape index (κ2) is 4.95. The van der Waals surface area contributed by atoms with Gasteiger partial charge in [0, 0.05) is 12.3 Å². The maximum atomic E-state index is 13.0. The number of rotatable bonds is 2. The molecule has 0 spiro atoms. The van der Waals surface area contributed by atoms with E-state index in [1.165, 1.54) is 16.7 Å². The molecule has 1 heterocycles. The number of aromatic nitrogens is 1. The molecule has 17 heavy (non-hydrogen) atoms. The number of hydrogen-bond acceptors (Lipinski definition) is 1. The maximum absolute atomic E-state index is 13.0. The van der Waals surface area contributed by atoms with Crippen LogP contribution in [0.5, 0.6) is 0 Å². The third-order valence-corrected chi connectivity index (χ3v) is 3.07. The molecule has 0 bridgehead atoms. The predicted molar refractivity (Wildman–Crippen MR) is 68.9 cm³/mol. The molecule has 1 aromatic carbocycles. The van der Waals surface area contributed by atoms with Crippen LogP contribution in [-0.2, 0) is 6.54 Å². The van der Waals surface area contributed by atoms with Crippen LogP contribution < -0.4 is 5.56 Å². The molecule has 5 heteroatoms. The Morgan fingerprint density at radius 1 is 1.18 bits per heavy atom. The number of hydrogen-bond donors (Lipinski definition) is 0. The zero-order valence-electron chi connectivity index (χ0n) is 8.66. The largest absolute Gasteiger partial charge is 0.310 e. The summed E-state index contributed by atoms with van der Waals surface area (Å²) >= 11 is 1.92. The number of halogens is 3. The van der Waals surface area contributed by atoms with Gasteiger partial charge in [-0.1, -0.05) is 0 Å². The van der Waals surface area contributed by atoms with Crippen molar-refractivity contribution in [2.24, 2.45) is 0 Å². The molecular formula is C12H8F2INO. The number of pyridine rings is 1. The zero-order valence-corrected chi connectivity index (χ0v) is 10.8. The van der Waals surface area contributed by atoms with Gasteiger partial charge < -0.3 is 4.57 Å². The molecule has 0 aliphatic carbocycles. The fraction of sp³-hybridized carbons (Fsp3) is 0.0833. The number of benzene rings is 1. The Morgan fingerprint density at radius 3 is 2.47 bits per heavy atom. The van der Waals surface area contributed by atoms with E-state index >= 15 is 0 Å². The SMILES string of the molecule is O=c1c(I)cccn1Cc1cc(F)cc(F)c1. The van der Waals surface area contributed by atoms with Crippen molar-refractivity contribution in [2.45, 2.75) is 6.54 Å². The van der Waals surface area contributed by atoms with Crippen molar-refractivity contribution in [3.63, 3.8) is 0 Å². The minimum atomic E-state index is -0.640. The molecule has 0 saturated heterocycles. The Labute approximate surface area is 110 Å². The molecule has 0 saturated carbocycles. The molecular weight excluding hydrogens is 339 g/mol. The van der Waals surface area contributed by atoms with Gasteiger partial charge in [0.2, 0.25) is 0 Å². The fourth-order valence-electron chi connectivity index (χ4n) is 1.53. The molecule has 0 fully saturated rings. The Kier molecular flexibility index (Phi) is 3.56. The van der Waals surface area contributed by atoms with Crippen LogP contribution in [0.15, 0.2) is 41.3 Å². The Morgan fingerprint density at radius 2 is 1.82 bits per heavy atom. The van der Waals surface area contributed by atoms with Crippen LogP contribution in [0.25, 0.3) is 0 Å². The van der Waals surface area contributed by atoms with Gasteiger partial charge >= 0.3 is 0 Å². The van der Waals surface area contributed by atoms with Crippen molar-refractivity contribution in [2.75, 3.05) is 0 Å². The van der Waals surface area contributed by atoms with E-state index in [2.05, 4.69) is 0 Å². The molecule has 0 atom stereocenters. The highest BCUT2D eigenvalue weighted by molar-refractivity contribution is 14.1. The van der Waals surface area contributed by atoms with E-state index in [0.717, 1.165) is 6.07 Å². The summed E-state index contributed by atoms with van der Waals surface area (Å²) in [6.07, 6.45) is 1.59. The average molecular weight is 347 g/mol. The first kappa shape index (κ1) is 12.2. The van der Waals surface area contributed by atoms with Gasteiger partial charge in [-0.05, 0) is 52.4 Å². The van der Waals surface area contributed by atoms with E-state index < -0.39 is 11.6 Å². The van der Waals surface area contributed by atoms with Gasteiger partial charge in [0.25, 0.3) is 5.56 Å². The Bertz CT molecular complexity index is 589. The first-order chi connectivity index (χ1) is 8.06. The van der Waals surface area contributed by atoms with Crippen LogP contribution in [0.4, 0.5) is 8.78 Å². The highest BCUT2D eigenvalue weighted by atomic mass is 127. The van der Waals surface area contributed by atoms with Gasteiger partial charge in [0.15, 0.2) is 0 Å². The molecule has 2 aromatic rings. The second-order valence-corrected chi connectivity index (χ2v) is 4.73. The monoisotopic (exact) mass is 347 g/mol. The van der Waals surface area contributed by atoms with Crippen LogP contribution >= 0.6 is 22.6 Å². The second-order valence-electron chi connectivity index (χ2n) is 3.57. The third kappa shape index (κ3) is 2.91. The first-order valence-corrected chi connectivity index (χ1v) is 5.94. The van der Waals surface area contributed by atoms with E-state index in [4.69, 9.17) is 0 Å². The molecule has 2 rings (SSSR count). The third-order valence-electron chi connectivity index (χ3n) is 2.25. The van der Waals surface area contributed by atoms with Gasteiger partial charge in [-0.2, -0.15) is 0 Å². The lowest BCUT2D eigenvalue weighted by molar-refractivity contribution is 0.577. The summed E-state index contributed by atoms with van der Waals surface area (Å²) in [7, 11) is 0. The quantitative estimate of drug-likeness (QED) is 0.766. The van der Waals surface area contributed by atoms with Gasteiger partial charge in [-0.25, -0.2) is 8.78 Å². The highest BCUT2D eigenvalue weighted by Gasteiger charge is 2.04. The first-order valence-electron chi connectivity index (χ1n) is 4.86. The average Bonchev–Trinajstić information content (AvgIpc) is 2.23. The van der Waals surface area contributed by atoms with Crippen molar-refractivity contribution in [1.82, 2.24) is 4.57 Å². The molecule has 0 N–H and O–H groups in total. The minimum Gasteiger partial charge on any atom is -0.310 e. The summed E-state index contributed by atoms with van der Waals surface area (Å²) < 4.78 is 27.9. The van der Waals surface area contributed by atoms with Crippen LogP contribution in [0.2, 0.25) is 0 Å². The summed E-state index contributed by atoms with van der Waals surface area (Å²) in [6.45, 7) is 0.157. The smallest absolute Gasteiger partial charge is 0.264 e. The van der Waals surface area contributed by atoms with E-state index in [1.807, 2.05) is 22.6 Å². The summed E-state index contributed by atoms with van der Waals surface area (Å²) in [4.78, 5) is 11.7. The Hall–Kier alpha value is -1.24. The fourth-order valence-corrected chi connectivity index (χ4v) is 2.05. The van der Waals surface area contributed by atoms with E-state index in [1.54, 1.807) is 18.3 Å². The lowest BCUT2D eigenvalue weighted by Crippen LogP contribution is -2.21. The molecule has 0 unspecified atom stereocenters. The molecule has 1 aromatic heterocycles. The topological polar surface area (TPSA) is 22.0 Å². The summed E-state index contributed by atoms with van der Waals surface area (Å²) in [6, 6.07) is 6.65. The van der Waals surface area contributed by atoms with Crippen LogP contribution in [-0.4, -0.2) is 4.57 Å². The summed E-state index contributed by atoms with van der Waals surface area (Å²) in [5, 5.41) is 0. The van der Waals surface area contributed by atoms with Crippen molar-refractivity contribution in [1.29, 1.82) is 0 Å². The Balaban J connectivity index is 2.38. The summed E-state index contributed by atoms with van der Waals surface area (Å²) in [5.41, 5.74) is 0.254. The van der Waals surface area contributed by atoms with Gasteiger partial charge in [0.1, 0.15) is 11.6 Å². The minimum absolute atomic E-state index is 0.157. The van der Waals surface area contributed by atoms with Crippen LogP contribution in [0.3, 0.4) is 0 Å². The standard InChI is InChI=1S/C12H8F2INO/c13-9-4-8(5-10(14)6-9)7-16-3-1-2-11(15)12(16)17/h1-6H,7H2. The maximum Gasteiger partial charge on any atom is 0.264 e. The molecule has 0 aliphatic rings. The van der Waals surface area contributed by atoms with Crippen LogP contribution in [0, 0.1) is 15.2 Å². The van der Waals surface area contributed by atoms with E-state index in [0.29, 0.717) is 9.13 Å². The van der Waals surface area contributed by atoms with Gasteiger partial charge in [0.05, 0.1) is 10.1 Å². The lowest BCUT2D eigenvalue weighted by atomic mass is 10.2. The molecule has 0 radical (unpaired) electrons. The molecule has 88 valence electrons.